The van der Waals surface area contributed by atoms with Crippen molar-refractivity contribution >= 4 is 5.91 Å². The predicted molar refractivity (Wildman–Crippen MR) is 121 cm³/mol. The molecule has 1 N–H and O–H groups in total. The summed E-state index contributed by atoms with van der Waals surface area (Å²) in [6.07, 6.45) is 5.34. The second-order valence-corrected chi connectivity index (χ2v) is 8.00. The Morgan fingerprint density at radius 2 is 2.03 bits per heavy atom. The normalized spacial score (nSPS) is 13.3. The topological polar surface area (TPSA) is 94.4 Å². The molecule has 4 rings (SSSR count). The molecule has 0 spiro atoms. The van der Waals surface area contributed by atoms with E-state index in [0.717, 1.165) is 30.6 Å². The highest BCUT2D eigenvalue weighted by atomic mass is 16.5. The number of likely N-dealkylation sites (N-methyl/N-ethyl adjacent to an activating group) is 1. The van der Waals surface area contributed by atoms with Gasteiger partial charge in [-0.2, -0.15) is 5.10 Å². The molecule has 9 heteroatoms. The highest BCUT2D eigenvalue weighted by molar-refractivity contribution is 5.95. The zero-order chi connectivity index (χ0) is 22.7. The number of carbonyl (C=O) groups is 1. The second-order valence-electron chi connectivity index (χ2n) is 8.00. The van der Waals surface area contributed by atoms with Gasteiger partial charge in [0.2, 0.25) is 0 Å². The molecule has 2 heterocycles. The van der Waals surface area contributed by atoms with Crippen LogP contribution in [0.15, 0.2) is 36.7 Å². The molecule has 0 radical (unpaired) electrons. The van der Waals surface area contributed by atoms with Gasteiger partial charge in [-0.3, -0.25) is 4.79 Å². The van der Waals surface area contributed by atoms with Gasteiger partial charge in [0.25, 0.3) is 11.9 Å². The number of amides is 1. The molecule has 3 aromatic rings. The SMILES string of the molecule is COc1ccc(OC)c(-c2ccnc(-n3ncc(C(=O)NCCN(C)C)c3C3CC3)n2)c1. The van der Waals surface area contributed by atoms with Crippen molar-refractivity contribution < 1.29 is 14.3 Å². The third kappa shape index (κ3) is 4.57. The lowest BCUT2D eigenvalue weighted by Crippen LogP contribution is -2.31. The molecule has 0 atom stereocenters. The highest BCUT2D eigenvalue weighted by Crippen LogP contribution is 2.42. The third-order valence-corrected chi connectivity index (χ3v) is 5.37. The maximum absolute atomic E-state index is 12.8. The lowest BCUT2D eigenvalue weighted by molar-refractivity contribution is 0.0950. The zero-order valence-corrected chi connectivity index (χ0v) is 18.8. The number of aromatic nitrogens is 4. The van der Waals surface area contributed by atoms with E-state index < -0.39 is 0 Å². The predicted octanol–water partition coefficient (Wildman–Crippen LogP) is 2.52. The number of nitrogens with one attached hydrogen (secondary N) is 1. The van der Waals surface area contributed by atoms with E-state index in [1.165, 1.54) is 0 Å². The van der Waals surface area contributed by atoms with E-state index in [1.54, 1.807) is 31.3 Å². The van der Waals surface area contributed by atoms with Crippen LogP contribution in [0.1, 0.15) is 34.8 Å². The first-order valence-electron chi connectivity index (χ1n) is 10.6. The Bertz CT molecular complexity index is 1110. The molecule has 32 heavy (non-hydrogen) atoms. The molecule has 168 valence electrons. The largest absolute Gasteiger partial charge is 0.497 e. The number of hydrogen-bond donors (Lipinski definition) is 1. The van der Waals surface area contributed by atoms with Crippen LogP contribution in [-0.2, 0) is 0 Å². The Balaban J connectivity index is 1.68. The van der Waals surface area contributed by atoms with Gasteiger partial charge in [-0.05, 0) is 51.2 Å². The number of benzene rings is 1. The Morgan fingerprint density at radius 1 is 1.22 bits per heavy atom. The van der Waals surface area contributed by atoms with E-state index in [4.69, 9.17) is 14.5 Å². The van der Waals surface area contributed by atoms with Gasteiger partial charge in [-0.1, -0.05) is 0 Å². The Morgan fingerprint density at radius 3 is 2.72 bits per heavy atom. The van der Waals surface area contributed by atoms with Crippen molar-refractivity contribution in [1.29, 1.82) is 0 Å². The molecule has 0 saturated heterocycles. The number of ether oxygens (including phenoxy) is 2. The fraction of sp³-hybridized carbons (Fsp3) is 0.391. The molecule has 1 aromatic carbocycles. The van der Waals surface area contributed by atoms with Crippen LogP contribution in [0.5, 0.6) is 11.5 Å². The summed E-state index contributed by atoms with van der Waals surface area (Å²) in [5.74, 6) is 1.97. The van der Waals surface area contributed by atoms with E-state index in [-0.39, 0.29) is 11.8 Å². The second kappa shape index (κ2) is 9.35. The summed E-state index contributed by atoms with van der Waals surface area (Å²) in [7, 11) is 7.18. The lowest BCUT2D eigenvalue weighted by atomic mass is 10.1. The molecule has 1 aliphatic rings. The first-order valence-corrected chi connectivity index (χ1v) is 10.6. The molecule has 0 aliphatic heterocycles. The van der Waals surface area contributed by atoms with Crippen molar-refractivity contribution in [2.45, 2.75) is 18.8 Å². The minimum Gasteiger partial charge on any atom is -0.497 e. The molecule has 2 aromatic heterocycles. The number of hydrogen-bond acceptors (Lipinski definition) is 7. The average Bonchev–Trinajstić information content (AvgIpc) is 3.55. The lowest BCUT2D eigenvalue weighted by Gasteiger charge is -2.12. The van der Waals surface area contributed by atoms with Crippen molar-refractivity contribution in [1.82, 2.24) is 30.0 Å². The Kier molecular flexibility index (Phi) is 6.36. The van der Waals surface area contributed by atoms with Crippen molar-refractivity contribution in [2.24, 2.45) is 0 Å². The van der Waals surface area contributed by atoms with Gasteiger partial charge < -0.3 is 19.7 Å². The molecule has 0 bridgehead atoms. The minimum atomic E-state index is -0.120. The van der Waals surface area contributed by atoms with Crippen LogP contribution in [0.3, 0.4) is 0 Å². The van der Waals surface area contributed by atoms with Gasteiger partial charge in [-0.25, -0.2) is 14.6 Å². The number of carbonyl (C=O) groups excluding carboxylic acids is 1. The van der Waals surface area contributed by atoms with Crippen molar-refractivity contribution in [3.05, 3.63) is 47.9 Å². The minimum absolute atomic E-state index is 0.120. The number of methoxy groups -OCH3 is 2. The van der Waals surface area contributed by atoms with Crippen molar-refractivity contribution in [3.63, 3.8) is 0 Å². The summed E-state index contributed by atoms with van der Waals surface area (Å²) < 4.78 is 12.6. The standard InChI is InChI=1S/C23H28N6O3/c1-28(2)12-11-24-22(30)18-14-26-29(21(18)15-5-6-15)23-25-10-9-19(27-23)17-13-16(31-3)7-8-20(17)32-4/h7-10,13-15H,5-6,11-12H2,1-4H3,(H,24,30). The summed E-state index contributed by atoms with van der Waals surface area (Å²) in [4.78, 5) is 24.0. The van der Waals surface area contributed by atoms with E-state index in [9.17, 15) is 4.79 Å². The summed E-state index contributed by atoms with van der Waals surface area (Å²) in [5.41, 5.74) is 2.92. The van der Waals surface area contributed by atoms with E-state index in [0.29, 0.717) is 35.2 Å². The monoisotopic (exact) mass is 436 g/mol. The van der Waals surface area contributed by atoms with Crippen LogP contribution in [0, 0.1) is 0 Å². The van der Waals surface area contributed by atoms with Gasteiger partial charge >= 0.3 is 0 Å². The molecule has 1 saturated carbocycles. The number of nitrogens with zero attached hydrogens (tertiary/aromatic N) is 5. The third-order valence-electron chi connectivity index (χ3n) is 5.37. The quantitative estimate of drug-likeness (QED) is 0.551. The first kappa shape index (κ1) is 21.8. The Hall–Kier alpha value is -3.46. The van der Waals surface area contributed by atoms with E-state index in [2.05, 4.69) is 15.4 Å². The van der Waals surface area contributed by atoms with Crippen LogP contribution in [0.2, 0.25) is 0 Å². The smallest absolute Gasteiger partial charge is 0.254 e. The molecule has 1 fully saturated rings. The van der Waals surface area contributed by atoms with Crippen LogP contribution < -0.4 is 14.8 Å². The van der Waals surface area contributed by atoms with Gasteiger partial charge in [0.05, 0.1) is 37.4 Å². The molecular formula is C23H28N6O3. The zero-order valence-electron chi connectivity index (χ0n) is 18.8. The van der Waals surface area contributed by atoms with Gasteiger partial charge in [0.1, 0.15) is 11.5 Å². The van der Waals surface area contributed by atoms with Crippen molar-refractivity contribution in [2.75, 3.05) is 41.4 Å². The van der Waals surface area contributed by atoms with Gasteiger partial charge in [0.15, 0.2) is 0 Å². The first-order chi connectivity index (χ1) is 15.5. The molecule has 0 unspecified atom stereocenters. The Labute approximate surface area is 187 Å². The van der Waals surface area contributed by atoms with Crippen molar-refractivity contribution in [3.8, 4) is 28.7 Å². The summed E-state index contributed by atoms with van der Waals surface area (Å²) in [6, 6.07) is 7.37. The molecule has 1 amide bonds. The van der Waals surface area contributed by atoms with Gasteiger partial charge in [-0.15, -0.1) is 0 Å². The average molecular weight is 437 g/mol. The summed E-state index contributed by atoms with van der Waals surface area (Å²) >= 11 is 0. The summed E-state index contributed by atoms with van der Waals surface area (Å²) in [6.45, 7) is 1.34. The van der Waals surface area contributed by atoms with Crippen LogP contribution in [0.4, 0.5) is 0 Å². The highest BCUT2D eigenvalue weighted by Gasteiger charge is 2.33. The van der Waals surface area contributed by atoms with E-state index in [1.807, 2.05) is 43.3 Å². The maximum atomic E-state index is 12.8. The van der Waals surface area contributed by atoms with Crippen LogP contribution in [0.25, 0.3) is 17.2 Å². The molecular weight excluding hydrogens is 408 g/mol. The van der Waals surface area contributed by atoms with Gasteiger partial charge in [0, 0.05) is 30.8 Å². The summed E-state index contributed by atoms with van der Waals surface area (Å²) in [5, 5.41) is 7.47. The fourth-order valence-corrected chi connectivity index (χ4v) is 3.54. The fourth-order valence-electron chi connectivity index (χ4n) is 3.54. The maximum Gasteiger partial charge on any atom is 0.254 e. The van der Waals surface area contributed by atoms with Crippen LogP contribution in [-0.4, -0.2) is 72.0 Å². The van der Waals surface area contributed by atoms with Crippen LogP contribution >= 0.6 is 0 Å². The molecule has 1 aliphatic carbocycles. The molecule has 9 nitrogen and oxygen atoms in total. The van der Waals surface area contributed by atoms with E-state index >= 15 is 0 Å². The number of rotatable bonds is 9.